The van der Waals surface area contributed by atoms with Crippen LogP contribution in [0.3, 0.4) is 0 Å². The molecule has 0 spiro atoms. The number of nitrogen functional groups attached to an aromatic ring is 1. The van der Waals surface area contributed by atoms with E-state index < -0.39 is 45.8 Å². The zero-order valence-corrected chi connectivity index (χ0v) is 13.4. The van der Waals surface area contributed by atoms with E-state index in [0.29, 0.717) is 0 Å². The van der Waals surface area contributed by atoms with E-state index in [2.05, 4.69) is 6.58 Å². The lowest BCUT2D eigenvalue weighted by atomic mass is 9.92. The van der Waals surface area contributed by atoms with Gasteiger partial charge in [-0.2, -0.15) is 0 Å². The van der Waals surface area contributed by atoms with Crippen molar-refractivity contribution >= 4 is 17.8 Å². The average molecular weight is 362 g/mol. The molecule has 8 nitrogen and oxygen atoms in total. The van der Waals surface area contributed by atoms with Crippen LogP contribution in [0.1, 0.15) is 26.3 Å². The van der Waals surface area contributed by atoms with Crippen molar-refractivity contribution in [2.24, 2.45) is 0 Å². The van der Waals surface area contributed by atoms with Crippen molar-refractivity contribution in [1.82, 2.24) is 4.98 Å². The lowest BCUT2D eigenvalue weighted by Crippen LogP contribution is -2.24. The fourth-order valence-electron chi connectivity index (χ4n) is 2.49. The number of hydrogen-bond donors (Lipinski definition) is 4. The molecule has 0 bridgehead atoms. The van der Waals surface area contributed by atoms with Crippen LogP contribution in [0, 0.1) is 5.82 Å². The number of H-pyrrole nitrogens is 1. The van der Waals surface area contributed by atoms with Crippen LogP contribution in [-0.2, 0) is 11.3 Å². The van der Waals surface area contributed by atoms with Gasteiger partial charge in [-0.15, -0.1) is 6.58 Å². The predicted octanol–water partition coefficient (Wildman–Crippen LogP) is 1.86. The van der Waals surface area contributed by atoms with Gasteiger partial charge in [-0.05, 0) is 23.3 Å². The molecule has 5 N–H and O–H groups in total. The number of aromatic nitrogens is 1. The summed E-state index contributed by atoms with van der Waals surface area (Å²) in [4.78, 5) is 37.3. The number of carbonyl (C=O) groups is 2. The Morgan fingerprint density at radius 3 is 2.50 bits per heavy atom. The zero-order chi connectivity index (χ0) is 19.4. The van der Waals surface area contributed by atoms with Gasteiger partial charge in [-0.1, -0.05) is 12.1 Å². The lowest BCUT2D eigenvalue weighted by molar-refractivity contribution is 0.0695. The second-order valence-electron chi connectivity index (χ2n) is 5.21. The minimum Gasteiger partial charge on any atom is -0.478 e. The van der Waals surface area contributed by atoms with Crippen molar-refractivity contribution in [2.45, 2.75) is 6.61 Å². The molecule has 0 atom stereocenters. The van der Waals surface area contributed by atoms with Crippen LogP contribution in [0.15, 0.2) is 35.6 Å². The zero-order valence-electron chi connectivity index (χ0n) is 13.4. The minimum atomic E-state index is -1.65. The van der Waals surface area contributed by atoms with Crippen LogP contribution in [0.25, 0.3) is 11.1 Å². The standard InChI is InChI=1S/C17H15FN2O6/c1-2-5-26-7-8-6-9(18)3-4-10(8)11-12(16(22)23)14(19)20-15(21)13(11)17(24)25/h2-4,6H,1,5,7H2,(H,22,23)(H,24,25)(H3,19,20,21). The number of carboxylic acid groups (broad SMARTS) is 2. The molecule has 0 saturated heterocycles. The topological polar surface area (TPSA) is 143 Å². The Bertz CT molecular complexity index is 951. The van der Waals surface area contributed by atoms with Crippen LogP contribution >= 0.6 is 0 Å². The second kappa shape index (κ2) is 7.62. The van der Waals surface area contributed by atoms with Gasteiger partial charge < -0.3 is 25.7 Å². The first-order valence-corrected chi connectivity index (χ1v) is 7.27. The van der Waals surface area contributed by atoms with E-state index in [9.17, 15) is 29.0 Å². The Morgan fingerprint density at radius 1 is 1.27 bits per heavy atom. The fraction of sp³-hybridized carbons (Fsp3) is 0.118. The molecule has 0 amide bonds. The monoisotopic (exact) mass is 362 g/mol. The normalized spacial score (nSPS) is 10.5. The first kappa shape index (κ1) is 18.9. The Balaban J connectivity index is 2.86. The first-order valence-electron chi connectivity index (χ1n) is 7.27. The SMILES string of the molecule is C=CCOCc1cc(F)ccc1-c1c(C(=O)O)c(N)[nH]c(=O)c1C(=O)O. The predicted molar refractivity (Wildman–Crippen MR) is 90.6 cm³/mol. The first-order chi connectivity index (χ1) is 12.3. The molecule has 0 radical (unpaired) electrons. The number of anilines is 1. The molecule has 1 aromatic heterocycles. The molecule has 136 valence electrons. The summed E-state index contributed by atoms with van der Waals surface area (Å²) in [6, 6.07) is 3.25. The molecular formula is C17H15FN2O6. The van der Waals surface area contributed by atoms with Crippen molar-refractivity contribution in [3.63, 3.8) is 0 Å². The molecule has 0 saturated carbocycles. The molecular weight excluding hydrogens is 347 g/mol. The molecule has 0 unspecified atom stereocenters. The van der Waals surface area contributed by atoms with Crippen molar-refractivity contribution in [2.75, 3.05) is 12.3 Å². The molecule has 0 aliphatic rings. The largest absolute Gasteiger partial charge is 0.478 e. The minimum absolute atomic E-state index is 0.0167. The lowest BCUT2D eigenvalue weighted by Gasteiger charge is -2.15. The highest BCUT2D eigenvalue weighted by atomic mass is 19.1. The van der Waals surface area contributed by atoms with Gasteiger partial charge in [0.15, 0.2) is 0 Å². The summed E-state index contributed by atoms with van der Waals surface area (Å²) in [5, 5.41) is 18.8. The molecule has 9 heteroatoms. The quantitative estimate of drug-likeness (QED) is 0.435. The number of ether oxygens (including phenoxy) is 1. The number of aromatic carboxylic acids is 2. The summed E-state index contributed by atoms with van der Waals surface area (Å²) in [5.74, 6) is -4.34. The number of benzene rings is 1. The molecule has 0 aliphatic heterocycles. The summed E-state index contributed by atoms with van der Waals surface area (Å²) in [6.45, 7) is 3.44. The number of halogens is 1. The van der Waals surface area contributed by atoms with Gasteiger partial charge in [0.25, 0.3) is 5.56 Å². The van der Waals surface area contributed by atoms with Crippen LogP contribution in [0.2, 0.25) is 0 Å². The number of carboxylic acids is 2. The van der Waals surface area contributed by atoms with Gasteiger partial charge in [-0.25, -0.2) is 14.0 Å². The van der Waals surface area contributed by atoms with Crippen LogP contribution in [0.5, 0.6) is 0 Å². The number of nitrogens with one attached hydrogen (secondary N) is 1. The highest BCUT2D eigenvalue weighted by Gasteiger charge is 2.28. The number of pyridine rings is 1. The Labute approximate surface area is 146 Å². The number of aromatic amines is 1. The third-order valence-electron chi connectivity index (χ3n) is 3.50. The molecule has 0 aliphatic carbocycles. The van der Waals surface area contributed by atoms with Crippen molar-refractivity contribution in [1.29, 1.82) is 0 Å². The molecule has 2 aromatic rings. The van der Waals surface area contributed by atoms with E-state index in [-0.39, 0.29) is 24.3 Å². The maximum atomic E-state index is 13.6. The summed E-state index contributed by atoms with van der Waals surface area (Å²) < 4.78 is 18.9. The van der Waals surface area contributed by atoms with Gasteiger partial charge >= 0.3 is 11.9 Å². The van der Waals surface area contributed by atoms with Crippen molar-refractivity contribution in [3.8, 4) is 11.1 Å². The van der Waals surface area contributed by atoms with Crippen LogP contribution < -0.4 is 11.3 Å². The van der Waals surface area contributed by atoms with E-state index in [4.69, 9.17) is 10.5 Å². The maximum absolute atomic E-state index is 13.6. The summed E-state index contributed by atoms with van der Waals surface area (Å²) in [6.07, 6.45) is 1.45. The smallest absolute Gasteiger partial charge is 0.342 e. The summed E-state index contributed by atoms with van der Waals surface area (Å²) in [7, 11) is 0. The molecule has 2 rings (SSSR count). The Morgan fingerprint density at radius 2 is 1.92 bits per heavy atom. The van der Waals surface area contributed by atoms with Crippen molar-refractivity contribution in [3.05, 3.63) is 63.7 Å². The van der Waals surface area contributed by atoms with Gasteiger partial charge in [0.05, 0.1) is 13.2 Å². The summed E-state index contributed by atoms with van der Waals surface area (Å²) in [5.41, 5.74) is 2.86. The van der Waals surface area contributed by atoms with E-state index >= 15 is 0 Å². The summed E-state index contributed by atoms with van der Waals surface area (Å²) >= 11 is 0. The molecule has 1 heterocycles. The maximum Gasteiger partial charge on any atom is 0.342 e. The van der Waals surface area contributed by atoms with E-state index in [1.165, 1.54) is 12.1 Å². The van der Waals surface area contributed by atoms with Gasteiger partial charge in [0, 0.05) is 5.56 Å². The van der Waals surface area contributed by atoms with Crippen molar-refractivity contribution < 1.29 is 28.9 Å². The average Bonchev–Trinajstić information content (AvgIpc) is 2.53. The number of nitrogens with two attached hydrogens (primary N) is 1. The third kappa shape index (κ3) is 3.62. The molecule has 0 fully saturated rings. The van der Waals surface area contributed by atoms with E-state index in [0.717, 1.165) is 12.1 Å². The van der Waals surface area contributed by atoms with Crippen LogP contribution in [0.4, 0.5) is 10.2 Å². The van der Waals surface area contributed by atoms with Gasteiger partial charge in [0.2, 0.25) is 0 Å². The van der Waals surface area contributed by atoms with E-state index in [1.54, 1.807) is 0 Å². The molecule has 1 aromatic carbocycles. The highest BCUT2D eigenvalue weighted by molar-refractivity contribution is 6.07. The Hall–Kier alpha value is -3.46. The number of hydrogen-bond acceptors (Lipinski definition) is 5. The second-order valence-corrected chi connectivity index (χ2v) is 5.21. The van der Waals surface area contributed by atoms with Crippen LogP contribution in [-0.4, -0.2) is 33.7 Å². The third-order valence-corrected chi connectivity index (χ3v) is 3.50. The highest BCUT2D eigenvalue weighted by Crippen LogP contribution is 2.32. The molecule has 26 heavy (non-hydrogen) atoms. The van der Waals surface area contributed by atoms with E-state index in [1.807, 2.05) is 4.98 Å². The Kier molecular flexibility index (Phi) is 5.53. The van der Waals surface area contributed by atoms with Gasteiger partial charge in [-0.3, -0.25) is 4.79 Å². The van der Waals surface area contributed by atoms with Gasteiger partial charge in [0.1, 0.15) is 22.8 Å². The number of rotatable bonds is 7. The fourth-order valence-corrected chi connectivity index (χ4v) is 2.49.